The molecule has 112 valence electrons. The van der Waals surface area contributed by atoms with Crippen molar-refractivity contribution in [2.24, 2.45) is 0 Å². The second-order valence-electron chi connectivity index (χ2n) is 4.59. The Kier molecular flexibility index (Phi) is 3.60. The number of alkyl halides is 3. The van der Waals surface area contributed by atoms with Crippen LogP contribution in [0.25, 0.3) is 22.3 Å². The van der Waals surface area contributed by atoms with Gasteiger partial charge in [-0.2, -0.15) is 13.2 Å². The van der Waals surface area contributed by atoms with E-state index in [1.165, 1.54) is 30.5 Å². The van der Waals surface area contributed by atoms with Gasteiger partial charge in [0.2, 0.25) is 0 Å². The van der Waals surface area contributed by atoms with Gasteiger partial charge in [0.15, 0.2) is 0 Å². The third-order valence-corrected chi connectivity index (χ3v) is 3.67. The lowest BCUT2D eigenvalue weighted by molar-refractivity contribution is -0.137. The Bertz CT molecular complexity index is 845. The highest BCUT2D eigenvalue weighted by Crippen LogP contribution is 2.34. The van der Waals surface area contributed by atoms with E-state index in [0.29, 0.717) is 16.8 Å². The number of hydrogen-bond acceptors (Lipinski definition) is 2. The zero-order valence-corrected chi connectivity index (χ0v) is 12.4. The minimum Gasteiger partial charge on any atom is -0.252 e. The fourth-order valence-corrected chi connectivity index (χ4v) is 2.54. The molecule has 3 aromatic rings. The van der Waals surface area contributed by atoms with Gasteiger partial charge in [-0.25, -0.2) is 9.37 Å². The molecule has 0 N–H and O–H groups in total. The van der Waals surface area contributed by atoms with Gasteiger partial charge in [0.05, 0.1) is 23.0 Å². The van der Waals surface area contributed by atoms with Crippen LogP contribution in [0.5, 0.6) is 0 Å². The summed E-state index contributed by atoms with van der Waals surface area (Å²) < 4.78 is 51.4. The molecule has 0 atom stereocenters. The fraction of sp³-hybridized carbons (Fsp3) is 0.0667. The van der Waals surface area contributed by atoms with E-state index in [9.17, 15) is 17.6 Å². The largest absolute Gasteiger partial charge is 0.416 e. The van der Waals surface area contributed by atoms with Crippen molar-refractivity contribution in [3.63, 3.8) is 0 Å². The number of benzene rings is 2. The maximum absolute atomic E-state index is 12.9. The molecule has 22 heavy (non-hydrogen) atoms. The van der Waals surface area contributed by atoms with E-state index in [0.717, 1.165) is 12.1 Å². The SMILES string of the molecule is Fc1ccc(-c2cnc3cc(C(F)(F)F)cc(Br)c3n2)cc1. The molecule has 0 bridgehead atoms. The monoisotopic (exact) mass is 370 g/mol. The predicted molar refractivity (Wildman–Crippen MR) is 77.6 cm³/mol. The fourth-order valence-electron chi connectivity index (χ4n) is 2.00. The van der Waals surface area contributed by atoms with Crippen LogP contribution in [-0.4, -0.2) is 9.97 Å². The minimum atomic E-state index is -4.45. The van der Waals surface area contributed by atoms with Crippen LogP contribution in [0.4, 0.5) is 17.6 Å². The standard InChI is InChI=1S/C15H7BrF4N2/c16-11-5-9(15(18,19)20)6-12-14(11)22-13(7-21-12)8-1-3-10(17)4-2-8/h1-7H. The first-order valence-electron chi connectivity index (χ1n) is 6.14. The third kappa shape index (κ3) is 2.81. The zero-order valence-electron chi connectivity index (χ0n) is 10.8. The van der Waals surface area contributed by atoms with Gasteiger partial charge in [0, 0.05) is 10.0 Å². The molecule has 0 fully saturated rings. The highest BCUT2D eigenvalue weighted by molar-refractivity contribution is 9.10. The molecule has 0 aliphatic heterocycles. The van der Waals surface area contributed by atoms with Gasteiger partial charge in [0.1, 0.15) is 11.3 Å². The van der Waals surface area contributed by atoms with Crippen molar-refractivity contribution in [3.05, 3.63) is 58.4 Å². The average Bonchev–Trinajstić information content (AvgIpc) is 2.47. The maximum Gasteiger partial charge on any atom is 0.416 e. The Morgan fingerprint density at radius 2 is 1.68 bits per heavy atom. The van der Waals surface area contributed by atoms with Crippen LogP contribution in [0.1, 0.15) is 5.56 Å². The molecule has 1 heterocycles. The Balaban J connectivity index is 2.15. The molecule has 0 saturated carbocycles. The van der Waals surface area contributed by atoms with E-state index in [4.69, 9.17) is 0 Å². The Hall–Kier alpha value is -2.02. The Morgan fingerprint density at radius 3 is 2.32 bits per heavy atom. The Morgan fingerprint density at radius 1 is 1.00 bits per heavy atom. The lowest BCUT2D eigenvalue weighted by Gasteiger charge is -2.09. The molecule has 0 aliphatic carbocycles. The van der Waals surface area contributed by atoms with Gasteiger partial charge in [-0.3, -0.25) is 4.98 Å². The molecule has 0 amide bonds. The third-order valence-electron chi connectivity index (χ3n) is 3.07. The minimum absolute atomic E-state index is 0.132. The summed E-state index contributed by atoms with van der Waals surface area (Å²) in [5.74, 6) is -0.381. The summed E-state index contributed by atoms with van der Waals surface area (Å²) in [6, 6.07) is 7.53. The summed E-state index contributed by atoms with van der Waals surface area (Å²) >= 11 is 3.10. The van der Waals surface area contributed by atoms with Gasteiger partial charge >= 0.3 is 6.18 Å². The molecule has 1 aromatic heterocycles. The second kappa shape index (κ2) is 5.31. The molecular formula is C15H7BrF4N2. The first-order chi connectivity index (χ1) is 10.3. The van der Waals surface area contributed by atoms with Gasteiger partial charge in [-0.1, -0.05) is 0 Å². The number of nitrogens with zero attached hydrogens (tertiary/aromatic N) is 2. The first kappa shape index (κ1) is 14.9. The summed E-state index contributed by atoms with van der Waals surface area (Å²) in [5.41, 5.74) is 0.730. The van der Waals surface area contributed by atoms with Crippen molar-refractivity contribution in [1.29, 1.82) is 0 Å². The van der Waals surface area contributed by atoms with Gasteiger partial charge < -0.3 is 0 Å². The second-order valence-corrected chi connectivity index (χ2v) is 5.44. The lowest BCUT2D eigenvalue weighted by atomic mass is 10.1. The van der Waals surface area contributed by atoms with Crippen molar-refractivity contribution in [1.82, 2.24) is 9.97 Å². The van der Waals surface area contributed by atoms with Crippen molar-refractivity contribution < 1.29 is 17.6 Å². The molecule has 2 aromatic carbocycles. The predicted octanol–water partition coefficient (Wildman–Crippen LogP) is 5.22. The van der Waals surface area contributed by atoms with Crippen molar-refractivity contribution >= 4 is 27.0 Å². The summed E-state index contributed by atoms with van der Waals surface area (Å²) in [4.78, 5) is 8.33. The number of hydrogen-bond donors (Lipinski definition) is 0. The van der Waals surface area contributed by atoms with Crippen LogP contribution in [0.15, 0.2) is 47.1 Å². The Labute approximate surface area is 131 Å². The zero-order chi connectivity index (χ0) is 15.9. The molecule has 0 unspecified atom stereocenters. The van der Waals surface area contributed by atoms with E-state index in [2.05, 4.69) is 25.9 Å². The van der Waals surface area contributed by atoms with E-state index in [1.807, 2.05) is 0 Å². The van der Waals surface area contributed by atoms with Gasteiger partial charge in [-0.05, 0) is 52.3 Å². The number of aromatic nitrogens is 2. The van der Waals surface area contributed by atoms with Crippen LogP contribution in [-0.2, 0) is 6.18 Å². The highest BCUT2D eigenvalue weighted by Gasteiger charge is 2.31. The molecule has 0 spiro atoms. The van der Waals surface area contributed by atoms with Crippen molar-refractivity contribution in [2.75, 3.05) is 0 Å². The molecule has 0 aliphatic rings. The van der Waals surface area contributed by atoms with Crippen molar-refractivity contribution in [2.45, 2.75) is 6.18 Å². The summed E-state index contributed by atoms with van der Waals surface area (Å²) in [5, 5.41) is 0. The van der Waals surface area contributed by atoms with Crippen LogP contribution >= 0.6 is 15.9 Å². The maximum atomic E-state index is 12.9. The molecule has 7 heteroatoms. The normalized spacial score (nSPS) is 11.9. The lowest BCUT2D eigenvalue weighted by Crippen LogP contribution is -2.05. The highest BCUT2D eigenvalue weighted by atomic mass is 79.9. The number of fused-ring (bicyclic) bond motifs is 1. The van der Waals surface area contributed by atoms with Gasteiger partial charge in [-0.15, -0.1) is 0 Å². The number of rotatable bonds is 1. The summed E-state index contributed by atoms with van der Waals surface area (Å²) in [6.45, 7) is 0. The molecule has 0 radical (unpaired) electrons. The van der Waals surface area contributed by atoms with Crippen molar-refractivity contribution in [3.8, 4) is 11.3 Å². The average molecular weight is 371 g/mol. The quantitative estimate of drug-likeness (QED) is 0.549. The van der Waals surface area contributed by atoms with Crippen LogP contribution in [0.2, 0.25) is 0 Å². The smallest absolute Gasteiger partial charge is 0.252 e. The van der Waals surface area contributed by atoms with E-state index >= 15 is 0 Å². The molecular weight excluding hydrogens is 364 g/mol. The van der Waals surface area contributed by atoms with E-state index in [-0.39, 0.29) is 15.8 Å². The molecule has 2 nitrogen and oxygen atoms in total. The van der Waals surface area contributed by atoms with E-state index < -0.39 is 11.7 Å². The first-order valence-corrected chi connectivity index (χ1v) is 6.93. The summed E-state index contributed by atoms with van der Waals surface area (Å²) in [6.07, 6.45) is -3.09. The molecule has 3 rings (SSSR count). The van der Waals surface area contributed by atoms with Gasteiger partial charge in [0.25, 0.3) is 0 Å². The van der Waals surface area contributed by atoms with Crippen LogP contribution in [0.3, 0.4) is 0 Å². The van der Waals surface area contributed by atoms with E-state index in [1.54, 1.807) is 0 Å². The van der Waals surface area contributed by atoms with Crippen LogP contribution < -0.4 is 0 Å². The topological polar surface area (TPSA) is 25.8 Å². The molecule has 0 saturated heterocycles. The summed E-state index contributed by atoms with van der Waals surface area (Å²) in [7, 11) is 0. The number of halogens is 5. The van der Waals surface area contributed by atoms with Crippen LogP contribution in [0, 0.1) is 5.82 Å².